The minimum Gasteiger partial charge on any atom is -0.353 e. The third-order valence-electron chi connectivity index (χ3n) is 5.80. The first-order valence-electron chi connectivity index (χ1n) is 11.2. The summed E-state index contributed by atoms with van der Waals surface area (Å²) >= 11 is 0.780. The Balaban J connectivity index is 1.18. The number of nitrogens with zero attached hydrogens (tertiary/aromatic N) is 3. The number of carbonyl (C=O) groups is 3. The summed E-state index contributed by atoms with van der Waals surface area (Å²) in [5, 5.41) is 2.37. The maximum Gasteiger partial charge on any atom is 0.293 e. The van der Waals surface area contributed by atoms with Gasteiger partial charge in [-0.2, -0.15) is 0 Å². The van der Waals surface area contributed by atoms with Crippen molar-refractivity contribution in [2.75, 3.05) is 45.8 Å². The average Bonchev–Trinajstić information content (AvgIpc) is 3.10. The molecule has 4 rings (SSSR count). The van der Waals surface area contributed by atoms with Crippen LogP contribution >= 0.6 is 11.8 Å². The van der Waals surface area contributed by atoms with Gasteiger partial charge in [0.05, 0.1) is 11.4 Å². The first-order chi connectivity index (χ1) is 16.5. The van der Waals surface area contributed by atoms with Crippen molar-refractivity contribution in [3.63, 3.8) is 0 Å². The van der Waals surface area contributed by atoms with Crippen LogP contribution in [0.5, 0.6) is 0 Å². The highest BCUT2D eigenvalue weighted by Gasteiger charge is 2.34. The Morgan fingerprint density at radius 1 is 0.971 bits per heavy atom. The van der Waals surface area contributed by atoms with Crippen molar-refractivity contribution in [2.45, 2.75) is 6.54 Å². The molecule has 0 spiro atoms. The fourth-order valence-electron chi connectivity index (χ4n) is 3.94. The van der Waals surface area contributed by atoms with Crippen LogP contribution in [-0.4, -0.2) is 77.6 Å². The summed E-state index contributed by atoms with van der Waals surface area (Å²) in [6, 6.07) is 16.4. The molecular weight excluding hydrogens is 455 g/mol. The number of benzene rings is 2. The van der Waals surface area contributed by atoms with Gasteiger partial charge in [-0.15, -0.1) is 0 Å². The Morgan fingerprint density at radius 3 is 2.38 bits per heavy atom. The van der Waals surface area contributed by atoms with Gasteiger partial charge < -0.3 is 5.32 Å². The van der Waals surface area contributed by atoms with E-state index in [0.29, 0.717) is 0 Å². The van der Waals surface area contributed by atoms with Crippen LogP contribution in [0.2, 0.25) is 0 Å². The number of hydrogen-bond donors (Lipinski definition) is 1. The van der Waals surface area contributed by atoms with Crippen LogP contribution in [0.25, 0.3) is 6.08 Å². The molecule has 0 unspecified atom stereocenters. The van der Waals surface area contributed by atoms with E-state index in [1.54, 1.807) is 18.2 Å². The van der Waals surface area contributed by atoms with Crippen molar-refractivity contribution >= 4 is 34.9 Å². The van der Waals surface area contributed by atoms with Crippen LogP contribution in [0.15, 0.2) is 59.5 Å². The largest absolute Gasteiger partial charge is 0.353 e. The molecule has 2 aliphatic heterocycles. The van der Waals surface area contributed by atoms with Crippen molar-refractivity contribution in [1.29, 1.82) is 0 Å². The molecule has 0 radical (unpaired) electrons. The lowest BCUT2D eigenvalue weighted by atomic mass is 10.2. The van der Waals surface area contributed by atoms with E-state index >= 15 is 0 Å². The fraction of sp³-hybridized carbons (Fsp3) is 0.320. The Labute approximate surface area is 202 Å². The molecule has 1 N–H and O–H groups in total. The number of rotatable bonds is 8. The topological polar surface area (TPSA) is 73.0 Å². The van der Waals surface area contributed by atoms with E-state index in [-0.39, 0.29) is 36.0 Å². The van der Waals surface area contributed by atoms with E-state index in [1.165, 1.54) is 17.7 Å². The zero-order valence-electron chi connectivity index (χ0n) is 18.8. The number of nitrogens with one attached hydrogen (secondary N) is 1. The van der Waals surface area contributed by atoms with E-state index in [4.69, 9.17) is 0 Å². The molecule has 34 heavy (non-hydrogen) atoms. The van der Waals surface area contributed by atoms with E-state index in [9.17, 15) is 18.8 Å². The number of amides is 3. The molecule has 2 fully saturated rings. The second-order valence-electron chi connectivity index (χ2n) is 8.24. The van der Waals surface area contributed by atoms with Gasteiger partial charge in [0.1, 0.15) is 5.82 Å². The van der Waals surface area contributed by atoms with Gasteiger partial charge in [-0.25, -0.2) is 4.39 Å². The van der Waals surface area contributed by atoms with Gasteiger partial charge in [0.2, 0.25) is 5.91 Å². The third kappa shape index (κ3) is 6.31. The normalized spacial score (nSPS) is 18.6. The number of halogens is 1. The number of carbonyl (C=O) groups excluding carboxylic acids is 3. The van der Waals surface area contributed by atoms with Crippen molar-refractivity contribution < 1.29 is 18.8 Å². The van der Waals surface area contributed by atoms with E-state index < -0.39 is 17.0 Å². The van der Waals surface area contributed by atoms with Gasteiger partial charge >= 0.3 is 0 Å². The molecule has 2 aromatic carbocycles. The maximum absolute atomic E-state index is 13.9. The van der Waals surface area contributed by atoms with Crippen molar-refractivity contribution in [3.05, 3.63) is 76.4 Å². The Morgan fingerprint density at radius 2 is 1.65 bits per heavy atom. The first kappa shape index (κ1) is 24.1. The lowest BCUT2D eigenvalue weighted by Crippen LogP contribution is -2.49. The van der Waals surface area contributed by atoms with Crippen LogP contribution in [-0.2, 0) is 16.1 Å². The zero-order chi connectivity index (χ0) is 23.9. The van der Waals surface area contributed by atoms with Crippen molar-refractivity contribution in [3.8, 4) is 0 Å². The molecular formula is C25H27FN4O3S. The first-order valence-corrected chi connectivity index (χ1v) is 12.1. The lowest BCUT2D eigenvalue weighted by molar-refractivity contribution is -0.125. The Bertz CT molecular complexity index is 1070. The molecule has 2 heterocycles. The molecule has 0 aromatic heterocycles. The van der Waals surface area contributed by atoms with E-state index in [0.717, 1.165) is 49.4 Å². The highest BCUT2D eigenvalue weighted by Crippen LogP contribution is 2.32. The molecule has 7 nitrogen and oxygen atoms in total. The number of piperazine rings is 1. The number of imide groups is 1. The molecule has 2 aliphatic rings. The molecule has 2 saturated heterocycles. The fourth-order valence-corrected chi connectivity index (χ4v) is 4.80. The molecule has 0 aliphatic carbocycles. The van der Waals surface area contributed by atoms with Gasteiger partial charge in [-0.3, -0.25) is 29.1 Å². The minimum atomic E-state index is -0.470. The molecule has 0 bridgehead atoms. The lowest BCUT2D eigenvalue weighted by Gasteiger charge is -2.34. The van der Waals surface area contributed by atoms with Crippen LogP contribution in [0.3, 0.4) is 0 Å². The summed E-state index contributed by atoms with van der Waals surface area (Å²) in [5.74, 6) is -1.06. The monoisotopic (exact) mass is 482 g/mol. The predicted octanol–water partition coefficient (Wildman–Crippen LogP) is 2.80. The molecule has 178 valence electrons. The average molecular weight is 483 g/mol. The van der Waals surface area contributed by atoms with Gasteiger partial charge in [0.15, 0.2) is 0 Å². The predicted molar refractivity (Wildman–Crippen MR) is 130 cm³/mol. The van der Waals surface area contributed by atoms with Crippen molar-refractivity contribution in [2.24, 2.45) is 0 Å². The summed E-state index contributed by atoms with van der Waals surface area (Å²) in [5.41, 5.74) is 1.54. The number of hydrogen-bond acceptors (Lipinski definition) is 6. The SMILES string of the molecule is O=C(CN1CCN(Cc2ccccc2)CC1)NCCN1C(=O)S/C(=C\c2ccccc2F)C1=O. The Kier molecular flexibility index (Phi) is 8.10. The van der Waals surface area contributed by atoms with Gasteiger partial charge in [0, 0.05) is 51.4 Å². The van der Waals surface area contributed by atoms with Crippen LogP contribution < -0.4 is 5.32 Å². The second-order valence-corrected chi connectivity index (χ2v) is 9.24. The molecule has 3 amide bonds. The van der Waals surface area contributed by atoms with Gasteiger partial charge in [0.25, 0.3) is 11.1 Å². The molecule has 9 heteroatoms. The minimum absolute atomic E-state index is 0.0792. The molecule has 0 saturated carbocycles. The standard InChI is InChI=1S/C25H27FN4O3S/c26-21-9-5-4-8-20(21)16-22-24(32)30(25(33)34-22)11-10-27-23(31)18-29-14-12-28(13-15-29)17-19-6-2-1-3-7-19/h1-9,16H,10-15,17-18H2,(H,27,31)/b22-16-. The highest BCUT2D eigenvalue weighted by molar-refractivity contribution is 8.18. The smallest absolute Gasteiger partial charge is 0.293 e. The second kappa shape index (κ2) is 11.4. The summed E-state index contributed by atoms with van der Waals surface area (Å²) in [7, 11) is 0. The molecule has 0 atom stereocenters. The van der Waals surface area contributed by atoms with Crippen molar-refractivity contribution in [1.82, 2.24) is 20.0 Å². The summed E-state index contributed by atoms with van der Waals surface area (Å²) in [6.07, 6.45) is 1.39. The van der Waals surface area contributed by atoms with Crippen LogP contribution in [0.1, 0.15) is 11.1 Å². The molecule has 2 aromatic rings. The summed E-state index contributed by atoms with van der Waals surface area (Å²) in [6.45, 7) is 4.86. The summed E-state index contributed by atoms with van der Waals surface area (Å²) < 4.78 is 13.9. The zero-order valence-corrected chi connectivity index (χ0v) is 19.6. The quantitative estimate of drug-likeness (QED) is 0.584. The maximum atomic E-state index is 13.9. The van der Waals surface area contributed by atoms with Crippen LogP contribution in [0.4, 0.5) is 9.18 Å². The Hall–Kier alpha value is -3.01. The third-order valence-corrected chi connectivity index (χ3v) is 6.71. The highest BCUT2D eigenvalue weighted by atomic mass is 32.2. The van der Waals surface area contributed by atoms with Gasteiger partial charge in [-0.1, -0.05) is 48.5 Å². The summed E-state index contributed by atoms with van der Waals surface area (Å²) in [4.78, 5) is 42.9. The van der Waals surface area contributed by atoms with E-state index in [1.807, 2.05) is 18.2 Å². The number of thioether (sulfide) groups is 1. The van der Waals surface area contributed by atoms with Gasteiger partial charge in [-0.05, 0) is 29.5 Å². The van der Waals surface area contributed by atoms with E-state index in [2.05, 4.69) is 27.2 Å². The van der Waals surface area contributed by atoms with Crippen LogP contribution in [0, 0.1) is 5.82 Å².